The number of benzene rings is 1. The zero-order valence-corrected chi connectivity index (χ0v) is 16.2. The van der Waals surface area contributed by atoms with E-state index < -0.39 is 11.8 Å². The van der Waals surface area contributed by atoms with Crippen LogP contribution in [0.2, 0.25) is 0 Å². The van der Waals surface area contributed by atoms with Gasteiger partial charge in [-0.1, -0.05) is 6.92 Å². The van der Waals surface area contributed by atoms with E-state index in [9.17, 15) is 9.59 Å². The molecule has 26 heavy (non-hydrogen) atoms. The minimum absolute atomic E-state index is 0.305. The van der Waals surface area contributed by atoms with Gasteiger partial charge in [0, 0.05) is 10.4 Å². The Morgan fingerprint density at radius 1 is 1.12 bits per heavy atom. The van der Waals surface area contributed by atoms with Crippen molar-refractivity contribution < 1.29 is 23.8 Å². The van der Waals surface area contributed by atoms with E-state index in [4.69, 9.17) is 19.9 Å². The summed E-state index contributed by atoms with van der Waals surface area (Å²) in [5, 5.41) is 3.21. The van der Waals surface area contributed by atoms with Gasteiger partial charge in [0.15, 0.2) is 11.5 Å². The van der Waals surface area contributed by atoms with Crippen molar-refractivity contribution in [2.45, 2.75) is 20.3 Å². The molecule has 2 aromatic rings. The van der Waals surface area contributed by atoms with Crippen molar-refractivity contribution in [3.8, 4) is 17.2 Å². The van der Waals surface area contributed by atoms with Gasteiger partial charge in [-0.3, -0.25) is 9.59 Å². The quantitative estimate of drug-likeness (QED) is 0.771. The number of carbonyl (C=O) groups excluding carboxylic acids is 2. The lowest BCUT2D eigenvalue weighted by Gasteiger charge is -2.14. The number of rotatable bonds is 7. The van der Waals surface area contributed by atoms with Gasteiger partial charge in [0.1, 0.15) is 5.00 Å². The van der Waals surface area contributed by atoms with E-state index in [1.165, 1.54) is 32.7 Å². The van der Waals surface area contributed by atoms with E-state index in [-0.39, 0.29) is 0 Å². The predicted octanol–water partition coefficient (Wildman–Crippen LogP) is 3.00. The zero-order chi connectivity index (χ0) is 19.4. The molecule has 3 N–H and O–H groups in total. The molecular formula is C18H22N2O5S. The fraction of sp³-hybridized carbons (Fsp3) is 0.333. The maximum atomic E-state index is 12.7. The molecular weight excluding hydrogens is 356 g/mol. The van der Waals surface area contributed by atoms with Crippen LogP contribution in [-0.2, 0) is 6.42 Å². The van der Waals surface area contributed by atoms with E-state index in [0.717, 1.165) is 10.4 Å². The van der Waals surface area contributed by atoms with Gasteiger partial charge in [-0.25, -0.2) is 0 Å². The summed E-state index contributed by atoms with van der Waals surface area (Å²) in [7, 11) is 4.43. The molecule has 0 radical (unpaired) electrons. The SMILES string of the molecule is CCc1c(C)sc(NC(=O)c2cc(OC)c(OC)c(OC)c2)c1C(N)=O. The lowest BCUT2D eigenvalue weighted by molar-refractivity contribution is 0.100. The van der Waals surface area contributed by atoms with Crippen LogP contribution in [0.25, 0.3) is 0 Å². The fourth-order valence-electron chi connectivity index (χ4n) is 2.74. The predicted molar refractivity (Wildman–Crippen MR) is 101 cm³/mol. The van der Waals surface area contributed by atoms with Crippen LogP contribution >= 0.6 is 11.3 Å². The number of nitrogens with one attached hydrogen (secondary N) is 1. The van der Waals surface area contributed by atoms with Crippen LogP contribution in [0.5, 0.6) is 17.2 Å². The number of hydrogen-bond acceptors (Lipinski definition) is 6. The number of ether oxygens (including phenoxy) is 3. The summed E-state index contributed by atoms with van der Waals surface area (Å²) in [5.74, 6) is 0.152. The van der Waals surface area contributed by atoms with Gasteiger partial charge in [0.2, 0.25) is 5.75 Å². The maximum Gasteiger partial charge on any atom is 0.256 e. The average Bonchev–Trinajstić information content (AvgIpc) is 2.95. The second kappa shape index (κ2) is 8.09. The first kappa shape index (κ1) is 19.6. The molecule has 0 fully saturated rings. The second-order valence-corrected chi connectivity index (χ2v) is 6.65. The summed E-state index contributed by atoms with van der Waals surface area (Å²) in [6, 6.07) is 3.09. The Hall–Kier alpha value is -2.74. The Morgan fingerprint density at radius 3 is 2.12 bits per heavy atom. The van der Waals surface area contributed by atoms with Gasteiger partial charge in [0.05, 0.1) is 26.9 Å². The molecule has 1 aromatic heterocycles. The third-order valence-electron chi connectivity index (χ3n) is 3.96. The molecule has 0 spiro atoms. The van der Waals surface area contributed by atoms with Gasteiger partial charge >= 0.3 is 0 Å². The molecule has 0 atom stereocenters. The van der Waals surface area contributed by atoms with Gasteiger partial charge < -0.3 is 25.3 Å². The average molecular weight is 378 g/mol. The van der Waals surface area contributed by atoms with E-state index in [2.05, 4.69) is 5.32 Å². The summed E-state index contributed by atoms with van der Waals surface area (Å²) < 4.78 is 15.8. The topological polar surface area (TPSA) is 99.9 Å². The molecule has 0 saturated carbocycles. The van der Waals surface area contributed by atoms with Crippen LogP contribution in [-0.4, -0.2) is 33.1 Å². The van der Waals surface area contributed by atoms with E-state index in [1.54, 1.807) is 12.1 Å². The molecule has 0 aliphatic carbocycles. The van der Waals surface area contributed by atoms with Crippen molar-refractivity contribution in [1.82, 2.24) is 0 Å². The number of aryl methyl sites for hydroxylation is 1. The Balaban J connectivity index is 2.44. The molecule has 0 aliphatic rings. The van der Waals surface area contributed by atoms with Gasteiger partial charge in [-0.05, 0) is 31.0 Å². The monoisotopic (exact) mass is 378 g/mol. The summed E-state index contributed by atoms with van der Waals surface area (Å²) in [6.45, 7) is 3.83. The van der Waals surface area contributed by atoms with Crippen LogP contribution in [0.3, 0.4) is 0 Å². The Labute approximate surface area is 156 Å². The number of carbonyl (C=O) groups is 2. The van der Waals surface area contributed by atoms with Crippen molar-refractivity contribution in [3.05, 3.63) is 33.7 Å². The number of anilines is 1. The molecule has 7 nitrogen and oxygen atoms in total. The first-order valence-electron chi connectivity index (χ1n) is 7.91. The van der Waals surface area contributed by atoms with Crippen molar-refractivity contribution in [3.63, 3.8) is 0 Å². The Morgan fingerprint density at radius 2 is 1.69 bits per heavy atom. The minimum Gasteiger partial charge on any atom is -0.493 e. The van der Waals surface area contributed by atoms with Gasteiger partial charge in [-0.15, -0.1) is 11.3 Å². The fourth-order valence-corrected chi connectivity index (χ4v) is 3.89. The van der Waals surface area contributed by atoms with Crippen LogP contribution in [0, 0.1) is 6.92 Å². The van der Waals surface area contributed by atoms with Gasteiger partial charge in [0.25, 0.3) is 11.8 Å². The molecule has 1 aromatic carbocycles. The molecule has 0 aliphatic heterocycles. The number of thiophene rings is 1. The van der Waals surface area contributed by atoms with Crippen molar-refractivity contribution in [2.24, 2.45) is 5.73 Å². The highest BCUT2D eigenvalue weighted by molar-refractivity contribution is 7.16. The lowest BCUT2D eigenvalue weighted by Crippen LogP contribution is -2.18. The molecule has 0 saturated heterocycles. The molecule has 140 valence electrons. The zero-order valence-electron chi connectivity index (χ0n) is 15.4. The molecule has 2 rings (SSSR count). The van der Waals surface area contributed by atoms with Crippen LogP contribution in [0.15, 0.2) is 12.1 Å². The molecule has 0 bridgehead atoms. The van der Waals surface area contributed by atoms with E-state index in [0.29, 0.717) is 39.8 Å². The largest absolute Gasteiger partial charge is 0.493 e. The lowest BCUT2D eigenvalue weighted by atomic mass is 10.1. The van der Waals surface area contributed by atoms with Crippen LogP contribution < -0.4 is 25.3 Å². The third-order valence-corrected chi connectivity index (χ3v) is 5.03. The minimum atomic E-state index is -0.564. The Kier molecular flexibility index (Phi) is 6.10. The summed E-state index contributed by atoms with van der Waals surface area (Å²) in [6.07, 6.45) is 0.653. The normalized spacial score (nSPS) is 10.3. The number of methoxy groups -OCH3 is 3. The third kappa shape index (κ3) is 3.60. The van der Waals surface area contributed by atoms with E-state index >= 15 is 0 Å². The van der Waals surface area contributed by atoms with Crippen molar-refractivity contribution in [2.75, 3.05) is 26.6 Å². The second-order valence-electron chi connectivity index (χ2n) is 5.43. The number of hydrogen-bond donors (Lipinski definition) is 2. The van der Waals surface area contributed by atoms with Crippen molar-refractivity contribution in [1.29, 1.82) is 0 Å². The van der Waals surface area contributed by atoms with Crippen LogP contribution in [0.1, 0.15) is 38.1 Å². The number of amides is 2. The highest BCUT2D eigenvalue weighted by atomic mass is 32.1. The first-order chi connectivity index (χ1) is 12.4. The summed E-state index contributed by atoms with van der Waals surface area (Å²) in [4.78, 5) is 25.5. The van der Waals surface area contributed by atoms with Crippen molar-refractivity contribution >= 4 is 28.2 Å². The number of nitrogens with two attached hydrogens (primary N) is 1. The molecule has 0 unspecified atom stereocenters. The first-order valence-corrected chi connectivity index (χ1v) is 8.72. The highest BCUT2D eigenvalue weighted by Crippen LogP contribution is 2.39. The summed E-state index contributed by atoms with van der Waals surface area (Å²) in [5.41, 5.74) is 7.02. The standard InChI is InChI=1S/C18H22N2O5S/c1-6-11-9(2)26-18(14(11)16(19)21)20-17(22)10-7-12(23-3)15(25-5)13(8-10)24-4/h7-8H,6H2,1-5H3,(H2,19,21)(H,20,22). The Bertz CT molecular complexity index is 819. The van der Waals surface area contributed by atoms with Crippen LogP contribution in [0.4, 0.5) is 5.00 Å². The smallest absolute Gasteiger partial charge is 0.256 e. The molecule has 8 heteroatoms. The summed E-state index contributed by atoms with van der Waals surface area (Å²) >= 11 is 1.32. The highest BCUT2D eigenvalue weighted by Gasteiger charge is 2.22. The number of primary amides is 1. The van der Waals surface area contributed by atoms with Gasteiger partial charge in [-0.2, -0.15) is 0 Å². The molecule has 2 amide bonds. The maximum absolute atomic E-state index is 12.7. The van der Waals surface area contributed by atoms with E-state index in [1.807, 2.05) is 13.8 Å². The molecule has 1 heterocycles.